The van der Waals surface area contributed by atoms with Crippen LogP contribution in [0.15, 0.2) is 38.3 Å². The fourth-order valence-electron chi connectivity index (χ4n) is 1.74. The molecular formula is C13H13BrClNO3S2. The van der Waals surface area contributed by atoms with Crippen molar-refractivity contribution in [1.29, 1.82) is 0 Å². The van der Waals surface area contributed by atoms with Gasteiger partial charge in [0, 0.05) is 12.3 Å². The van der Waals surface area contributed by atoms with Crippen LogP contribution >= 0.6 is 38.9 Å². The highest BCUT2D eigenvalue weighted by molar-refractivity contribution is 9.11. The molecule has 0 atom stereocenters. The summed E-state index contributed by atoms with van der Waals surface area (Å²) in [6.45, 7) is 0.109. The van der Waals surface area contributed by atoms with Crippen molar-refractivity contribution in [3.63, 3.8) is 0 Å². The van der Waals surface area contributed by atoms with Crippen molar-refractivity contribution >= 4 is 54.6 Å². The summed E-state index contributed by atoms with van der Waals surface area (Å²) in [6.07, 6.45) is 1.34. The number of aliphatic hydroxyl groups is 1. The van der Waals surface area contributed by atoms with E-state index in [1.54, 1.807) is 18.2 Å². The number of aryl methyl sites for hydroxylation is 1. The van der Waals surface area contributed by atoms with Crippen LogP contribution in [0.5, 0.6) is 0 Å². The van der Waals surface area contributed by atoms with Crippen LogP contribution in [-0.4, -0.2) is 20.1 Å². The van der Waals surface area contributed by atoms with Crippen molar-refractivity contribution in [3.05, 3.63) is 44.7 Å². The minimum Gasteiger partial charge on any atom is -0.396 e. The fourth-order valence-corrected chi connectivity index (χ4v) is 5.19. The molecule has 1 aromatic heterocycles. The zero-order valence-corrected chi connectivity index (χ0v) is 14.8. The number of sulfonamides is 1. The van der Waals surface area contributed by atoms with Gasteiger partial charge in [0.1, 0.15) is 4.21 Å². The molecule has 1 heterocycles. The first-order chi connectivity index (χ1) is 9.92. The molecule has 0 radical (unpaired) electrons. The van der Waals surface area contributed by atoms with E-state index in [9.17, 15) is 8.42 Å². The first-order valence-electron chi connectivity index (χ1n) is 6.10. The Balaban J connectivity index is 2.20. The minimum absolute atomic E-state index is 0.109. The van der Waals surface area contributed by atoms with Gasteiger partial charge in [0.05, 0.1) is 8.81 Å². The van der Waals surface area contributed by atoms with Gasteiger partial charge in [0.2, 0.25) is 0 Å². The number of hydrogen-bond donors (Lipinski definition) is 2. The van der Waals surface area contributed by atoms with Crippen molar-refractivity contribution in [2.45, 2.75) is 17.1 Å². The monoisotopic (exact) mass is 409 g/mol. The Kier molecular flexibility index (Phi) is 5.67. The number of hydrogen-bond acceptors (Lipinski definition) is 4. The average molecular weight is 411 g/mol. The van der Waals surface area contributed by atoms with Crippen LogP contribution in [0.2, 0.25) is 5.02 Å². The molecule has 8 heteroatoms. The van der Waals surface area contributed by atoms with E-state index in [0.717, 1.165) is 16.9 Å². The van der Waals surface area contributed by atoms with Crippen molar-refractivity contribution in [2.24, 2.45) is 0 Å². The third-order valence-corrected chi connectivity index (χ3v) is 7.02. The molecule has 4 nitrogen and oxygen atoms in total. The van der Waals surface area contributed by atoms with E-state index in [1.165, 1.54) is 6.07 Å². The quantitative estimate of drug-likeness (QED) is 0.759. The normalized spacial score (nSPS) is 11.6. The smallest absolute Gasteiger partial charge is 0.271 e. The number of nitrogens with one attached hydrogen (secondary N) is 1. The van der Waals surface area contributed by atoms with Gasteiger partial charge in [-0.2, -0.15) is 0 Å². The number of benzene rings is 1. The summed E-state index contributed by atoms with van der Waals surface area (Å²) in [5.41, 5.74) is 1.46. The standard InChI is InChI=1S/C13H13BrClNO3S2/c14-13-11(15)8-12(20-13)21(18,19)16-10-5-1-3-9(7-10)4-2-6-17/h1,3,5,7-8,16-17H,2,4,6H2. The molecule has 0 aliphatic heterocycles. The predicted octanol–water partition coefficient (Wildman–Crippen LogP) is 3.89. The number of halogens is 2. The Morgan fingerprint density at radius 1 is 1.33 bits per heavy atom. The Bertz CT molecular complexity index is 711. The molecule has 0 aliphatic carbocycles. The second kappa shape index (κ2) is 7.11. The molecule has 2 aromatic rings. The van der Waals surface area contributed by atoms with Gasteiger partial charge in [-0.1, -0.05) is 23.7 Å². The van der Waals surface area contributed by atoms with E-state index in [-0.39, 0.29) is 10.8 Å². The van der Waals surface area contributed by atoms with Gasteiger partial charge in [-0.25, -0.2) is 8.42 Å². The van der Waals surface area contributed by atoms with E-state index < -0.39 is 10.0 Å². The van der Waals surface area contributed by atoms with Gasteiger partial charge in [-0.05, 0) is 52.5 Å². The van der Waals surface area contributed by atoms with Crippen LogP contribution < -0.4 is 4.72 Å². The highest BCUT2D eigenvalue weighted by Gasteiger charge is 2.19. The van der Waals surface area contributed by atoms with E-state index in [0.29, 0.717) is 27.3 Å². The maximum Gasteiger partial charge on any atom is 0.271 e. The summed E-state index contributed by atoms with van der Waals surface area (Å²) < 4.78 is 27.8. The molecule has 0 fully saturated rings. The third-order valence-electron chi connectivity index (χ3n) is 2.69. The van der Waals surface area contributed by atoms with Crippen LogP contribution in [0.3, 0.4) is 0 Å². The number of anilines is 1. The molecule has 1 aromatic carbocycles. The third kappa shape index (κ3) is 4.43. The molecule has 0 amide bonds. The molecule has 114 valence electrons. The lowest BCUT2D eigenvalue weighted by Gasteiger charge is -2.08. The molecule has 2 rings (SSSR count). The summed E-state index contributed by atoms with van der Waals surface area (Å²) in [4.78, 5) is 0. The lowest BCUT2D eigenvalue weighted by atomic mass is 10.1. The van der Waals surface area contributed by atoms with Gasteiger partial charge in [0.15, 0.2) is 0 Å². The van der Waals surface area contributed by atoms with Crippen molar-refractivity contribution in [1.82, 2.24) is 0 Å². The predicted molar refractivity (Wildman–Crippen MR) is 89.7 cm³/mol. The van der Waals surface area contributed by atoms with Gasteiger partial charge < -0.3 is 5.11 Å². The fraction of sp³-hybridized carbons (Fsp3) is 0.231. The van der Waals surface area contributed by atoms with Gasteiger partial charge >= 0.3 is 0 Å². The van der Waals surface area contributed by atoms with Crippen LogP contribution in [0, 0.1) is 0 Å². The second-order valence-electron chi connectivity index (χ2n) is 4.32. The summed E-state index contributed by atoms with van der Waals surface area (Å²) in [5.74, 6) is 0. The highest BCUT2D eigenvalue weighted by atomic mass is 79.9. The van der Waals surface area contributed by atoms with Crippen LogP contribution in [0.25, 0.3) is 0 Å². The number of thiophene rings is 1. The Hall–Kier alpha value is -0.600. The molecule has 0 saturated carbocycles. The first kappa shape index (κ1) is 16.8. The molecule has 2 N–H and O–H groups in total. The van der Waals surface area contributed by atoms with Crippen molar-refractivity contribution in [2.75, 3.05) is 11.3 Å². The van der Waals surface area contributed by atoms with Gasteiger partial charge in [-0.3, -0.25) is 4.72 Å². The van der Waals surface area contributed by atoms with Gasteiger partial charge in [-0.15, -0.1) is 11.3 Å². The van der Waals surface area contributed by atoms with Crippen molar-refractivity contribution < 1.29 is 13.5 Å². The minimum atomic E-state index is -3.65. The molecule has 0 aliphatic rings. The maximum absolute atomic E-state index is 12.3. The van der Waals surface area contributed by atoms with Crippen LogP contribution in [0.4, 0.5) is 5.69 Å². The molecule has 0 bridgehead atoms. The lowest BCUT2D eigenvalue weighted by Crippen LogP contribution is -2.11. The maximum atomic E-state index is 12.3. The first-order valence-corrected chi connectivity index (χ1v) is 9.57. The second-order valence-corrected chi connectivity index (χ2v) is 9.01. The van der Waals surface area contributed by atoms with E-state index >= 15 is 0 Å². The molecular weight excluding hydrogens is 398 g/mol. The molecule has 21 heavy (non-hydrogen) atoms. The Morgan fingerprint density at radius 3 is 2.71 bits per heavy atom. The lowest BCUT2D eigenvalue weighted by molar-refractivity contribution is 0.288. The number of rotatable bonds is 6. The SMILES string of the molecule is O=S(=O)(Nc1cccc(CCCO)c1)c1cc(Cl)c(Br)s1. The summed E-state index contributed by atoms with van der Waals surface area (Å²) in [6, 6.07) is 8.53. The molecule has 0 saturated heterocycles. The molecule has 0 unspecified atom stereocenters. The summed E-state index contributed by atoms with van der Waals surface area (Å²) in [5, 5.41) is 9.21. The topological polar surface area (TPSA) is 66.4 Å². The zero-order valence-electron chi connectivity index (χ0n) is 10.8. The summed E-state index contributed by atoms with van der Waals surface area (Å²) >= 11 is 10.1. The molecule has 0 spiro atoms. The van der Waals surface area contributed by atoms with E-state index in [4.69, 9.17) is 16.7 Å². The number of aliphatic hydroxyl groups excluding tert-OH is 1. The highest BCUT2D eigenvalue weighted by Crippen LogP contribution is 2.35. The average Bonchev–Trinajstić information content (AvgIpc) is 2.77. The van der Waals surface area contributed by atoms with Crippen LogP contribution in [0.1, 0.15) is 12.0 Å². The Labute approximate surface area is 140 Å². The van der Waals surface area contributed by atoms with Gasteiger partial charge in [0.25, 0.3) is 10.0 Å². The van der Waals surface area contributed by atoms with Crippen LogP contribution in [-0.2, 0) is 16.4 Å². The Morgan fingerprint density at radius 2 is 2.10 bits per heavy atom. The van der Waals surface area contributed by atoms with E-state index in [1.807, 2.05) is 6.07 Å². The zero-order chi connectivity index (χ0) is 15.5. The van der Waals surface area contributed by atoms with Crippen molar-refractivity contribution in [3.8, 4) is 0 Å². The summed E-state index contributed by atoms with van der Waals surface area (Å²) in [7, 11) is -3.65. The van der Waals surface area contributed by atoms with E-state index in [2.05, 4.69) is 20.7 Å². The largest absolute Gasteiger partial charge is 0.396 e.